The summed E-state index contributed by atoms with van der Waals surface area (Å²) in [5.41, 5.74) is 0.803. The number of hydrogen-bond donors (Lipinski definition) is 0. The number of rotatable bonds is 2. The van der Waals surface area contributed by atoms with Crippen molar-refractivity contribution in [1.82, 2.24) is 0 Å². The molecule has 0 N–H and O–H groups in total. The van der Waals surface area contributed by atoms with Gasteiger partial charge in [0.05, 0.1) is 0 Å². The molecule has 1 aliphatic rings. The van der Waals surface area contributed by atoms with E-state index in [2.05, 4.69) is 6.92 Å². The standard InChI is InChI=1S/C12H14FNO/c1-2-9-7-12(15)14(8-9)11-5-3-10(13)4-6-11/h3-6,9H,2,7-8H2,1H3. The predicted molar refractivity (Wildman–Crippen MR) is 57.2 cm³/mol. The van der Waals surface area contributed by atoms with Gasteiger partial charge in [-0.25, -0.2) is 4.39 Å². The lowest BCUT2D eigenvalue weighted by atomic mass is 10.1. The van der Waals surface area contributed by atoms with Crippen LogP contribution in [0, 0.1) is 11.7 Å². The topological polar surface area (TPSA) is 20.3 Å². The zero-order valence-electron chi connectivity index (χ0n) is 8.74. The highest BCUT2D eigenvalue weighted by atomic mass is 19.1. The SMILES string of the molecule is CCC1CC(=O)N(c2ccc(F)cc2)C1. The zero-order chi connectivity index (χ0) is 10.8. The molecule has 15 heavy (non-hydrogen) atoms. The van der Waals surface area contributed by atoms with E-state index >= 15 is 0 Å². The van der Waals surface area contributed by atoms with E-state index in [4.69, 9.17) is 0 Å². The van der Waals surface area contributed by atoms with E-state index in [0.29, 0.717) is 12.3 Å². The van der Waals surface area contributed by atoms with Crippen LogP contribution in [0.5, 0.6) is 0 Å². The summed E-state index contributed by atoms with van der Waals surface area (Å²) in [5.74, 6) is 0.327. The second-order valence-electron chi connectivity index (χ2n) is 3.96. The van der Waals surface area contributed by atoms with Crippen molar-refractivity contribution in [3.63, 3.8) is 0 Å². The van der Waals surface area contributed by atoms with Crippen molar-refractivity contribution < 1.29 is 9.18 Å². The van der Waals surface area contributed by atoms with Crippen LogP contribution in [0.2, 0.25) is 0 Å². The zero-order valence-corrected chi connectivity index (χ0v) is 8.74. The molecule has 1 heterocycles. The highest BCUT2D eigenvalue weighted by Gasteiger charge is 2.29. The lowest BCUT2D eigenvalue weighted by Gasteiger charge is -2.16. The van der Waals surface area contributed by atoms with E-state index in [1.165, 1.54) is 12.1 Å². The quantitative estimate of drug-likeness (QED) is 0.730. The molecule has 1 amide bonds. The van der Waals surface area contributed by atoms with Gasteiger partial charge >= 0.3 is 0 Å². The number of benzene rings is 1. The van der Waals surface area contributed by atoms with Gasteiger partial charge in [0.2, 0.25) is 5.91 Å². The fourth-order valence-electron chi connectivity index (χ4n) is 1.93. The minimum atomic E-state index is -0.266. The number of amides is 1. The van der Waals surface area contributed by atoms with Crippen molar-refractivity contribution >= 4 is 11.6 Å². The average molecular weight is 207 g/mol. The van der Waals surface area contributed by atoms with Crippen molar-refractivity contribution in [3.05, 3.63) is 30.1 Å². The maximum absolute atomic E-state index is 12.7. The molecule has 0 saturated carbocycles. The molecule has 1 aromatic carbocycles. The first-order valence-corrected chi connectivity index (χ1v) is 5.26. The van der Waals surface area contributed by atoms with Gasteiger partial charge in [-0.05, 0) is 30.2 Å². The van der Waals surface area contributed by atoms with Crippen LogP contribution in [0.4, 0.5) is 10.1 Å². The van der Waals surface area contributed by atoms with Crippen molar-refractivity contribution in [2.45, 2.75) is 19.8 Å². The van der Waals surface area contributed by atoms with Crippen molar-refractivity contribution in [1.29, 1.82) is 0 Å². The minimum Gasteiger partial charge on any atom is -0.312 e. The Morgan fingerprint density at radius 2 is 2.07 bits per heavy atom. The van der Waals surface area contributed by atoms with Gasteiger partial charge in [0.25, 0.3) is 0 Å². The molecule has 1 aliphatic heterocycles. The predicted octanol–water partition coefficient (Wildman–Crippen LogP) is 2.59. The van der Waals surface area contributed by atoms with Crippen LogP contribution >= 0.6 is 0 Å². The lowest BCUT2D eigenvalue weighted by Crippen LogP contribution is -2.24. The van der Waals surface area contributed by atoms with Gasteiger partial charge in [-0.1, -0.05) is 13.3 Å². The fraction of sp³-hybridized carbons (Fsp3) is 0.417. The third-order valence-electron chi connectivity index (χ3n) is 2.92. The minimum absolute atomic E-state index is 0.147. The van der Waals surface area contributed by atoms with Gasteiger partial charge in [-0.15, -0.1) is 0 Å². The molecular formula is C12H14FNO. The van der Waals surface area contributed by atoms with Gasteiger partial charge in [-0.2, -0.15) is 0 Å². The summed E-state index contributed by atoms with van der Waals surface area (Å²) in [7, 11) is 0. The molecule has 2 rings (SSSR count). The molecule has 0 aliphatic carbocycles. The van der Waals surface area contributed by atoms with E-state index in [1.807, 2.05) is 0 Å². The van der Waals surface area contributed by atoms with Crippen LogP contribution in [0.15, 0.2) is 24.3 Å². The Bertz CT molecular complexity index is 360. The van der Waals surface area contributed by atoms with Gasteiger partial charge in [0, 0.05) is 18.7 Å². The second-order valence-corrected chi connectivity index (χ2v) is 3.96. The van der Waals surface area contributed by atoms with Crippen LogP contribution in [-0.4, -0.2) is 12.5 Å². The summed E-state index contributed by atoms with van der Waals surface area (Å²) in [4.78, 5) is 13.4. The first-order valence-electron chi connectivity index (χ1n) is 5.26. The lowest BCUT2D eigenvalue weighted by molar-refractivity contribution is -0.117. The highest BCUT2D eigenvalue weighted by Crippen LogP contribution is 2.26. The molecule has 0 spiro atoms. The molecule has 0 radical (unpaired) electrons. The maximum Gasteiger partial charge on any atom is 0.227 e. The molecule has 1 atom stereocenters. The van der Waals surface area contributed by atoms with Crippen molar-refractivity contribution in [3.8, 4) is 0 Å². The van der Waals surface area contributed by atoms with Gasteiger partial charge in [0.15, 0.2) is 0 Å². The summed E-state index contributed by atoms with van der Waals surface area (Å²) >= 11 is 0. The third-order valence-corrected chi connectivity index (χ3v) is 2.92. The van der Waals surface area contributed by atoms with Crippen LogP contribution in [0.1, 0.15) is 19.8 Å². The molecule has 3 heteroatoms. The number of halogens is 1. The first kappa shape index (κ1) is 10.1. The molecule has 1 aromatic rings. The summed E-state index contributed by atoms with van der Waals surface area (Å²) in [6, 6.07) is 6.10. The molecule has 1 saturated heterocycles. The number of nitrogens with zero attached hydrogens (tertiary/aromatic N) is 1. The van der Waals surface area contributed by atoms with Crippen molar-refractivity contribution in [2.24, 2.45) is 5.92 Å². The number of carbonyl (C=O) groups excluding carboxylic acids is 1. The summed E-state index contributed by atoms with van der Waals surface area (Å²) in [6.07, 6.45) is 1.64. The van der Waals surface area contributed by atoms with Gasteiger partial charge < -0.3 is 4.90 Å². The van der Waals surface area contributed by atoms with Crippen molar-refractivity contribution in [2.75, 3.05) is 11.4 Å². The molecular weight excluding hydrogens is 193 g/mol. The van der Waals surface area contributed by atoms with E-state index in [9.17, 15) is 9.18 Å². The van der Waals surface area contributed by atoms with E-state index in [1.54, 1.807) is 17.0 Å². The molecule has 0 bridgehead atoms. The highest BCUT2D eigenvalue weighted by molar-refractivity contribution is 5.95. The van der Waals surface area contributed by atoms with Gasteiger partial charge in [-0.3, -0.25) is 4.79 Å². The fourth-order valence-corrected chi connectivity index (χ4v) is 1.93. The van der Waals surface area contributed by atoms with Crippen LogP contribution < -0.4 is 4.90 Å². The van der Waals surface area contributed by atoms with Crippen LogP contribution in [-0.2, 0) is 4.79 Å². The Balaban J connectivity index is 2.18. The Hall–Kier alpha value is -1.38. The second kappa shape index (κ2) is 4.01. The Morgan fingerprint density at radius 3 is 2.60 bits per heavy atom. The van der Waals surface area contributed by atoms with E-state index < -0.39 is 0 Å². The molecule has 80 valence electrons. The average Bonchev–Trinajstić information content (AvgIpc) is 2.61. The molecule has 1 fully saturated rings. The summed E-state index contributed by atoms with van der Waals surface area (Å²) in [6.45, 7) is 2.85. The van der Waals surface area contributed by atoms with Gasteiger partial charge in [0.1, 0.15) is 5.82 Å². The molecule has 2 nitrogen and oxygen atoms in total. The van der Waals surface area contributed by atoms with Crippen LogP contribution in [0.3, 0.4) is 0 Å². The van der Waals surface area contributed by atoms with Crippen LogP contribution in [0.25, 0.3) is 0 Å². The molecule has 0 aromatic heterocycles. The first-order chi connectivity index (χ1) is 7.20. The maximum atomic E-state index is 12.7. The number of anilines is 1. The van der Waals surface area contributed by atoms with E-state index in [-0.39, 0.29) is 11.7 Å². The summed E-state index contributed by atoms with van der Waals surface area (Å²) < 4.78 is 12.7. The third kappa shape index (κ3) is 2.01. The molecule has 1 unspecified atom stereocenters. The summed E-state index contributed by atoms with van der Waals surface area (Å²) in [5, 5.41) is 0. The number of hydrogen-bond acceptors (Lipinski definition) is 1. The monoisotopic (exact) mass is 207 g/mol. The number of carbonyl (C=O) groups is 1. The Labute approximate surface area is 88.7 Å². The Kier molecular flexibility index (Phi) is 2.71. The normalized spacial score (nSPS) is 21.1. The Morgan fingerprint density at radius 1 is 1.40 bits per heavy atom. The smallest absolute Gasteiger partial charge is 0.227 e. The largest absolute Gasteiger partial charge is 0.312 e. The van der Waals surface area contributed by atoms with E-state index in [0.717, 1.165) is 18.7 Å².